The Morgan fingerprint density at radius 1 is 1.60 bits per heavy atom. The van der Waals surface area contributed by atoms with Crippen molar-refractivity contribution in [3.63, 3.8) is 0 Å². The van der Waals surface area contributed by atoms with Gasteiger partial charge in [-0.2, -0.15) is 0 Å². The number of H-pyrrole nitrogens is 1. The van der Waals surface area contributed by atoms with E-state index < -0.39 is 0 Å². The van der Waals surface area contributed by atoms with Crippen molar-refractivity contribution in [3.05, 3.63) is 21.7 Å². The summed E-state index contributed by atoms with van der Waals surface area (Å²) in [5.74, 6) is 0.557. The summed E-state index contributed by atoms with van der Waals surface area (Å²) in [6.45, 7) is 3.69. The summed E-state index contributed by atoms with van der Waals surface area (Å²) in [5, 5.41) is 0.976. The third-order valence-electron chi connectivity index (χ3n) is 1.93. The zero-order valence-corrected chi connectivity index (χ0v) is 10.8. The lowest BCUT2D eigenvalue weighted by atomic mass is 10.4. The van der Waals surface area contributed by atoms with Gasteiger partial charge >= 0.3 is 0 Å². The molecule has 0 spiro atoms. The van der Waals surface area contributed by atoms with Crippen LogP contribution in [-0.4, -0.2) is 28.4 Å². The molecular formula is C9H13BrClN3O. The van der Waals surface area contributed by atoms with Crippen molar-refractivity contribution in [2.24, 2.45) is 0 Å². The second-order valence-electron chi connectivity index (χ2n) is 3.05. The molecule has 0 unspecified atom stereocenters. The maximum atomic E-state index is 11.3. The number of nitrogens with one attached hydrogen (secondary N) is 1. The third-order valence-corrected chi connectivity index (χ3v) is 2.62. The van der Waals surface area contributed by atoms with Crippen molar-refractivity contribution >= 4 is 33.3 Å². The Morgan fingerprint density at radius 3 is 2.93 bits per heavy atom. The second kappa shape index (κ2) is 6.12. The van der Waals surface area contributed by atoms with Gasteiger partial charge < -0.3 is 9.88 Å². The van der Waals surface area contributed by atoms with Gasteiger partial charge in [-0.1, -0.05) is 34.5 Å². The minimum absolute atomic E-state index is 0.159. The molecule has 0 fully saturated rings. The smallest absolute Gasteiger partial charge is 0.271 e. The molecule has 1 heterocycles. The van der Waals surface area contributed by atoms with Crippen LogP contribution in [0.5, 0.6) is 0 Å². The minimum atomic E-state index is -0.294. The van der Waals surface area contributed by atoms with E-state index in [4.69, 9.17) is 11.6 Å². The molecule has 0 aliphatic rings. The van der Waals surface area contributed by atoms with Gasteiger partial charge in [-0.15, -0.1) is 0 Å². The molecule has 0 aliphatic carbocycles. The molecule has 0 saturated carbocycles. The summed E-state index contributed by atoms with van der Waals surface area (Å²) in [5.41, 5.74) is -0.294. The van der Waals surface area contributed by atoms with Crippen LogP contribution in [0, 0.1) is 0 Å². The zero-order chi connectivity index (χ0) is 11.3. The molecule has 1 N–H and O–H groups in total. The van der Waals surface area contributed by atoms with E-state index >= 15 is 0 Å². The first-order chi connectivity index (χ1) is 7.20. The summed E-state index contributed by atoms with van der Waals surface area (Å²) in [4.78, 5) is 19.8. The van der Waals surface area contributed by atoms with E-state index in [1.165, 1.54) is 6.33 Å². The summed E-state index contributed by atoms with van der Waals surface area (Å²) >= 11 is 9.26. The van der Waals surface area contributed by atoms with E-state index in [0.717, 1.165) is 24.8 Å². The number of halogens is 2. The van der Waals surface area contributed by atoms with Crippen LogP contribution in [0.25, 0.3) is 0 Å². The Bertz CT molecular complexity index is 363. The van der Waals surface area contributed by atoms with Gasteiger partial charge in [0.05, 0.1) is 6.33 Å². The van der Waals surface area contributed by atoms with Gasteiger partial charge in [-0.05, 0) is 6.42 Å². The Kier molecular flexibility index (Phi) is 5.11. The molecule has 4 nitrogen and oxygen atoms in total. The molecule has 1 aromatic heterocycles. The molecule has 0 radical (unpaired) electrons. The van der Waals surface area contributed by atoms with Crippen molar-refractivity contribution in [1.29, 1.82) is 0 Å². The summed E-state index contributed by atoms with van der Waals surface area (Å²) in [6.07, 6.45) is 2.36. The first-order valence-corrected chi connectivity index (χ1v) is 6.24. The lowest BCUT2D eigenvalue weighted by Gasteiger charge is -2.22. The fourth-order valence-corrected chi connectivity index (χ4v) is 1.94. The van der Waals surface area contributed by atoms with E-state index in [1.807, 2.05) is 4.90 Å². The molecule has 0 saturated heterocycles. The van der Waals surface area contributed by atoms with Crippen molar-refractivity contribution in [2.75, 3.05) is 23.3 Å². The van der Waals surface area contributed by atoms with E-state index in [-0.39, 0.29) is 10.6 Å². The van der Waals surface area contributed by atoms with Crippen LogP contribution in [0.4, 0.5) is 5.82 Å². The number of hydrogen-bond donors (Lipinski definition) is 1. The van der Waals surface area contributed by atoms with Crippen LogP contribution in [0.3, 0.4) is 0 Å². The zero-order valence-electron chi connectivity index (χ0n) is 8.46. The molecule has 0 atom stereocenters. The predicted molar refractivity (Wildman–Crippen MR) is 66.2 cm³/mol. The monoisotopic (exact) mass is 293 g/mol. The van der Waals surface area contributed by atoms with Crippen LogP contribution in [0.15, 0.2) is 11.1 Å². The average molecular weight is 295 g/mol. The van der Waals surface area contributed by atoms with Crippen molar-refractivity contribution in [2.45, 2.75) is 13.3 Å². The average Bonchev–Trinajstić information content (AvgIpc) is 2.22. The summed E-state index contributed by atoms with van der Waals surface area (Å²) < 4.78 is 0. The van der Waals surface area contributed by atoms with Gasteiger partial charge in [0.15, 0.2) is 5.82 Å². The molecule has 0 aromatic carbocycles. The molecule has 0 amide bonds. The number of aromatic amines is 1. The van der Waals surface area contributed by atoms with Gasteiger partial charge in [0.1, 0.15) is 5.02 Å². The molecule has 1 aromatic rings. The Balaban J connectivity index is 2.99. The highest BCUT2D eigenvalue weighted by molar-refractivity contribution is 9.09. The summed E-state index contributed by atoms with van der Waals surface area (Å²) in [6, 6.07) is 0. The highest BCUT2D eigenvalue weighted by atomic mass is 79.9. The predicted octanol–water partition coefficient (Wildman–Crippen LogP) is 2.03. The lowest BCUT2D eigenvalue weighted by molar-refractivity contribution is 0.780. The van der Waals surface area contributed by atoms with Crippen molar-refractivity contribution < 1.29 is 0 Å². The molecule has 1 rings (SSSR count). The highest BCUT2D eigenvalue weighted by Crippen LogP contribution is 2.18. The molecule has 0 aliphatic heterocycles. The van der Waals surface area contributed by atoms with E-state index in [0.29, 0.717) is 5.82 Å². The number of aromatic nitrogens is 2. The maximum absolute atomic E-state index is 11.3. The van der Waals surface area contributed by atoms with Gasteiger partial charge in [0, 0.05) is 18.4 Å². The van der Waals surface area contributed by atoms with Crippen LogP contribution in [0.1, 0.15) is 13.3 Å². The quantitative estimate of drug-likeness (QED) is 0.846. The van der Waals surface area contributed by atoms with Crippen LogP contribution >= 0.6 is 27.5 Å². The Labute approximate surface area is 102 Å². The Hall–Kier alpha value is -0.550. The fourth-order valence-electron chi connectivity index (χ4n) is 1.29. The van der Waals surface area contributed by atoms with Gasteiger partial charge in [-0.25, -0.2) is 4.98 Å². The van der Waals surface area contributed by atoms with Crippen LogP contribution in [-0.2, 0) is 0 Å². The van der Waals surface area contributed by atoms with Gasteiger partial charge in [-0.3, -0.25) is 4.79 Å². The number of alkyl halides is 1. The van der Waals surface area contributed by atoms with E-state index in [1.54, 1.807) is 0 Å². The van der Waals surface area contributed by atoms with Gasteiger partial charge in [0.25, 0.3) is 5.56 Å². The Morgan fingerprint density at radius 2 is 2.33 bits per heavy atom. The molecule has 15 heavy (non-hydrogen) atoms. The highest BCUT2D eigenvalue weighted by Gasteiger charge is 2.12. The van der Waals surface area contributed by atoms with Crippen LogP contribution in [0.2, 0.25) is 5.02 Å². The third kappa shape index (κ3) is 3.21. The molecule has 0 bridgehead atoms. The largest absolute Gasteiger partial charge is 0.354 e. The second-order valence-corrected chi connectivity index (χ2v) is 4.22. The van der Waals surface area contributed by atoms with E-state index in [2.05, 4.69) is 32.8 Å². The lowest BCUT2D eigenvalue weighted by Crippen LogP contribution is -2.29. The maximum Gasteiger partial charge on any atom is 0.271 e. The van der Waals surface area contributed by atoms with E-state index in [9.17, 15) is 4.79 Å². The number of anilines is 1. The molecule has 84 valence electrons. The topological polar surface area (TPSA) is 49.0 Å². The number of hydrogen-bond acceptors (Lipinski definition) is 3. The number of rotatable bonds is 5. The SMILES string of the molecule is CCCN(CCBr)c1nc[nH]c(=O)c1Cl. The standard InChI is InChI=1S/C9H13BrClN3O/c1-2-4-14(5-3-10)8-7(11)9(15)13-6-12-8/h6H,2-5H2,1H3,(H,12,13,15). The molecular weight excluding hydrogens is 281 g/mol. The van der Waals surface area contributed by atoms with Gasteiger partial charge in [0.2, 0.25) is 0 Å². The van der Waals surface area contributed by atoms with Crippen LogP contribution < -0.4 is 10.5 Å². The first-order valence-electron chi connectivity index (χ1n) is 4.74. The fraction of sp³-hybridized carbons (Fsp3) is 0.556. The first kappa shape index (κ1) is 12.5. The van der Waals surface area contributed by atoms with Crippen molar-refractivity contribution in [3.8, 4) is 0 Å². The summed E-state index contributed by atoms with van der Waals surface area (Å²) in [7, 11) is 0. The van der Waals surface area contributed by atoms with Crippen molar-refractivity contribution in [1.82, 2.24) is 9.97 Å². The number of nitrogens with zero attached hydrogens (tertiary/aromatic N) is 2. The minimum Gasteiger partial charge on any atom is -0.354 e. The normalized spacial score (nSPS) is 10.3. The molecule has 6 heteroatoms.